The highest BCUT2D eigenvalue weighted by molar-refractivity contribution is 8.72. The topological polar surface area (TPSA) is 0 Å². The Kier molecular flexibility index (Phi) is 7.13. The van der Waals surface area contributed by atoms with Crippen molar-refractivity contribution in [2.45, 2.75) is 93.5 Å². The molecule has 2 aliphatic rings. The van der Waals surface area contributed by atoms with Gasteiger partial charge in [0.05, 0.1) is 4.58 Å². The van der Waals surface area contributed by atoms with Gasteiger partial charge < -0.3 is 0 Å². The summed E-state index contributed by atoms with van der Waals surface area (Å²) in [5.41, 5.74) is 1.76. The first kappa shape index (κ1) is 16.7. The molecule has 0 nitrogen and oxygen atoms in total. The number of hydrogen-bond donors (Lipinski definition) is 1. The minimum Gasteiger partial charge on any atom is -0.165 e. The molecule has 2 fully saturated rings. The molecule has 2 saturated carbocycles. The molecular formula is C15H29PS3. The SMILES string of the molecule is CC[C@@H](S)SP(=S)(C1CCCCC1)C1CCCCC1. The van der Waals surface area contributed by atoms with Crippen molar-refractivity contribution in [1.29, 1.82) is 0 Å². The van der Waals surface area contributed by atoms with Crippen molar-refractivity contribution in [3.05, 3.63) is 0 Å². The molecule has 0 saturated heterocycles. The Morgan fingerprint density at radius 3 is 1.79 bits per heavy atom. The summed E-state index contributed by atoms with van der Waals surface area (Å²) < 4.78 is 0.481. The molecule has 19 heavy (non-hydrogen) atoms. The summed E-state index contributed by atoms with van der Waals surface area (Å²) in [6.07, 6.45) is 15.5. The van der Waals surface area contributed by atoms with E-state index in [4.69, 9.17) is 24.4 Å². The van der Waals surface area contributed by atoms with Crippen LogP contribution >= 0.6 is 29.3 Å². The number of thiol groups is 1. The van der Waals surface area contributed by atoms with Gasteiger partial charge in [-0.3, -0.25) is 0 Å². The van der Waals surface area contributed by atoms with Crippen LogP contribution in [-0.2, 0) is 11.8 Å². The lowest BCUT2D eigenvalue weighted by atomic mass is 10.00. The summed E-state index contributed by atoms with van der Waals surface area (Å²) in [5.74, 6) is 0. The van der Waals surface area contributed by atoms with Crippen LogP contribution in [0.3, 0.4) is 0 Å². The fourth-order valence-electron chi connectivity index (χ4n) is 3.62. The molecule has 1 atom stereocenters. The van der Waals surface area contributed by atoms with Crippen LogP contribution in [0.2, 0.25) is 0 Å². The monoisotopic (exact) mass is 336 g/mol. The molecule has 0 spiro atoms. The first-order valence-electron chi connectivity index (χ1n) is 8.12. The molecule has 4 heteroatoms. The quantitative estimate of drug-likeness (QED) is 0.348. The Bertz CT molecular complexity index is 285. The largest absolute Gasteiger partial charge is 0.165 e. The lowest BCUT2D eigenvalue weighted by Crippen LogP contribution is -2.22. The second-order valence-electron chi connectivity index (χ2n) is 6.20. The second-order valence-corrected chi connectivity index (χ2v) is 15.7. The molecule has 0 radical (unpaired) electrons. The van der Waals surface area contributed by atoms with Gasteiger partial charge in [-0.25, -0.2) is 0 Å². The average Bonchev–Trinajstić information content (AvgIpc) is 2.48. The van der Waals surface area contributed by atoms with Crippen LogP contribution in [0.15, 0.2) is 0 Å². The second kappa shape index (κ2) is 8.11. The fraction of sp³-hybridized carbons (Fsp3) is 1.00. The van der Waals surface area contributed by atoms with Crippen LogP contribution in [0.4, 0.5) is 0 Å². The molecule has 0 amide bonds. The summed E-state index contributed by atoms with van der Waals surface area (Å²) in [6, 6.07) is 0. The number of hydrogen-bond acceptors (Lipinski definition) is 3. The summed E-state index contributed by atoms with van der Waals surface area (Å²) in [7, 11) is 0. The van der Waals surface area contributed by atoms with Crippen LogP contribution in [0.5, 0.6) is 0 Å². The van der Waals surface area contributed by atoms with Crippen molar-refractivity contribution in [3.63, 3.8) is 0 Å². The summed E-state index contributed by atoms with van der Waals surface area (Å²) >= 11 is 13.3. The third kappa shape index (κ3) is 4.41. The van der Waals surface area contributed by atoms with Gasteiger partial charge in [0.2, 0.25) is 0 Å². The van der Waals surface area contributed by atoms with Crippen LogP contribution < -0.4 is 0 Å². The van der Waals surface area contributed by atoms with Crippen LogP contribution in [0.1, 0.15) is 77.6 Å². The van der Waals surface area contributed by atoms with E-state index in [1.54, 1.807) is 0 Å². The Balaban J connectivity index is 2.12. The van der Waals surface area contributed by atoms with Crippen LogP contribution in [0, 0.1) is 0 Å². The highest BCUT2D eigenvalue weighted by Crippen LogP contribution is 2.73. The van der Waals surface area contributed by atoms with Gasteiger partial charge in [-0.15, -0.1) is 11.4 Å². The van der Waals surface area contributed by atoms with Gasteiger partial charge >= 0.3 is 0 Å². The summed E-state index contributed by atoms with van der Waals surface area (Å²) in [6.45, 7) is 2.26. The molecule has 0 unspecified atom stereocenters. The van der Waals surface area contributed by atoms with E-state index in [-0.39, 0.29) is 0 Å². The van der Waals surface area contributed by atoms with Gasteiger partial charge in [-0.2, -0.15) is 12.6 Å². The van der Waals surface area contributed by atoms with Crippen LogP contribution in [0.25, 0.3) is 0 Å². The van der Waals surface area contributed by atoms with E-state index in [0.29, 0.717) is 4.58 Å². The minimum absolute atomic E-state index is 0.481. The third-order valence-electron chi connectivity index (χ3n) is 4.80. The van der Waals surface area contributed by atoms with Gasteiger partial charge in [0, 0.05) is 5.24 Å². The van der Waals surface area contributed by atoms with Crippen molar-refractivity contribution in [3.8, 4) is 0 Å². The van der Waals surface area contributed by atoms with Gasteiger partial charge in [0.25, 0.3) is 0 Å². The Hall–Kier alpha value is 1.35. The summed E-state index contributed by atoms with van der Waals surface area (Å²) in [4.78, 5) is 0. The number of rotatable bonds is 5. The average molecular weight is 337 g/mol. The predicted octanol–water partition coefficient (Wildman–Crippen LogP) is 6.45. The molecule has 0 N–H and O–H groups in total. The van der Waals surface area contributed by atoms with Gasteiger partial charge in [-0.05, 0) is 43.4 Å². The van der Waals surface area contributed by atoms with E-state index in [9.17, 15) is 0 Å². The van der Waals surface area contributed by atoms with Crippen molar-refractivity contribution >= 4 is 41.1 Å². The van der Waals surface area contributed by atoms with E-state index in [0.717, 1.165) is 17.7 Å². The maximum Gasteiger partial charge on any atom is 0.0519 e. The molecule has 2 aliphatic carbocycles. The van der Waals surface area contributed by atoms with Gasteiger partial charge in [0.15, 0.2) is 0 Å². The highest BCUT2D eigenvalue weighted by Gasteiger charge is 2.38. The predicted molar refractivity (Wildman–Crippen MR) is 98.7 cm³/mol. The van der Waals surface area contributed by atoms with Crippen molar-refractivity contribution < 1.29 is 0 Å². The molecular weight excluding hydrogens is 307 g/mol. The van der Waals surface area contributed by atoms with E-state index >= 15 is 0 Å². The van der Waals surface area contributed by atoms with Gasteiger partial charge in [-0.1, -0.05) is 57.3 Å². The standard InChI is InChI=1S/C15H29PS3/c1-2-15(17)19-16(18,13-9-5-3-6-10-13)14-11-7-4-8-12-14/h13-15,17H,2-12H2,1H3/t15-/m0/s1. The smallest absolute Gasteiger partial charge is 0.0519 e. The van der Waals surface area contributed by atoms with Crippen molar-refractivity contribution in [2.75, 3.05) is 0 Å². The molecule has 0 aliphatic heterocycles. The van der Waals surface area contributed by atoms with Crippen molar-refractivity contribution in [1.82, 2.24) is 0 Å². The first-order valence-corrected chi connectivity index (χ1v) is 13.1. The lowest BCUT2D eigenvalue weighted by Gasteiger charge is -2.41. The molecule has 0 aromatic heterocycles. The normalized spacial score (nSPS) is 25.4. The zero-order valence-corrected chi connectivity index (χ0v) is 15.6. The first-order chi connectivity index (χ1) is 9.16. The van der Waals surface area contributed by atoms with E-state index in [1.807, 2.05) is 0 Å². The molecule has 0 aromatic rings. The van der Waals surface area contributed by atoms with E-state index < -0.39 is 5.24 Å². The van der Waals surface area contributed by atoms with Crippen LogP contribution in [-0.4, -0.2) is 15.9 Å². The van der Waals surface area contributed by atoms with Gasteiger partial charge in [0.1, 0.15) is 0 Å². The summed E-state index contributed by atoms with van der Waals surface area (Å²) in [5, 5.41) is -1.27. The molecule has 112 valence electrons. The minimum atomic E-state index is -1.27. The van der Waals surface area contributed by atoms with Crippen molar-refractivity contribution in [2.24, 2.45) is 0 Å². The molecule has 2 rings (SSSR count). The molecule has 0 bridgehead atoms. The Labute approximate surface area is 134 Å². The van der Waals surface area contributed by atoms with E-state index in [1.165, 1.54) is 64.2 Å². The molecule has 0 heterocycles. The zero-order valence-electron chi connectivity index (χ0n) is 12.2. The zero-order chi connectivity index (χ0) is 13.7. The fourth-order valence-corrected chi connectivity index (χ4v) is 15.3. The maximum absolute atomic E-state index is 6.41. The Morgan fingerprint density at radius 2 is 1.42 bits per heavy atom. The van der Waals surface area contributed by atoms with E-state index in [2.05, 4.69) is 18.3 Å². The Morgan fingerprint density at radius 1 is 1.00 bits per heavy atom. The molecule has 0 aromatic carbocycles. The maximum atomic E-state index is 6.41. The highest BCUT2D eigenvalue weighted by atomic mass is 32.9. The lowest BCUT2D eigenvalue weighted by molar-refractivity contribution is 0.488. The third-order valence-corrected chi connectivity index (χ3v) is 16.1.